The van der Waals surface area contributed by atoms with E-state index in [0.29, 0.717) is 61.6 Å². The number of carbonyl (C=O) groups is 1. The Hall–Kier alpha value is -1.87. The third-order valence-electron chi connectivity index (χ3n) is 8.06. The molecule has 8 heteroatoms. The van der Waals surface area contributed by atoms with Gasteiger partial charge in [0, 0.05) is 32.2 Å². The fraction of sp³-hybridized carbons (Fsp3) is 0.750. The van der Waals surface area contributed by atoms with Crippen molar-refractivity contribution in [2.24, 2.45) is 0 Å². The molecule has 0 bridgehead atoms. The molecule has 2 aliphatic heterocycles. The summed E-state index contributed by atoms with van der Waals surface area (Å²) in [4.78, 5) is 15.4. The topological polar surface area (TPSA) is 89.5 Å². The number of aliphatic hydroxyl groups is 1. The maximum Gasteiger partial charge on any atom is 0.222 e. The molecule has 202 valence electrons. The Kier molecular flexibility index (Phi) is 9.87. The number of likely N-dealkylation sites (tertiary alicyclic amines) is 1. The van der Waals surface area contributed by atoms with Crippen LogP contribution in [0.2, 0.25) is 0 Å². The highest BCUT2D eigenvalue weighted by Crippen LogP contribution is 2.34. The lowest BCUT2D eigenvalue weighted by Crippen LogP contribution is -2.53. The first kappa shape index (κ1) is 27.2. The SMILES string of the molecule is COC1CCC(OCCC(=O)N[C@H](CN2C(C)CCCC2C)[C@@H](O)c2ccc3c(c2)OCCO3)CC1. The lowest BCUT2D eigenvalue weighted by molar-refractivity contribution is -0.125. The predicted molar refractivity (Wildman–Crippen MR) is 137 cm³/mol. The van der Waals surface area contributed by atoms with E-state index in [-0.39, 0.29) is 18.4 Å². The number of piperidine rings is 1. The summed E-state index contributed by atoms with van der Waals surface area (Å²) in [5.74, 6) is 1.23. The second-order valence-electron chi connectivity index (χ2n) is 10.6. The number of hydrogen-bond donors (Lipinski definition) is 2. The molecule has 2 fully saturated rings. The summed E-state index contributed by atoms with van der Waals surface area (Å²) in [6, 6.07) is 5.91. The zero-order valence-corrected chi connectivity index (χ0v) is 22.1. The molecule has 0 spiro atoms. The van der Waals surface area contributed by atoms with Crippen molar-refractivity contribution in [3.63, 3.8) is 0 Å². The molecule has 4 atom stereocenters. The van der Waals surface area contributed by atoms with Crippen LogP contribution in [0.1, 0.15) is 76.9 Å². The van der Waals surface area contributed by atoms with E-state index in [1.165, 1.54) is 6.42 Å². The van der Waals surface area contributed by atoms with Gasteiger partial charge >= 0.3 is 0 Å². The molecule has 1 amide bonds. The molecule has 1 aromatic rings. The van der Waals surface area contributed by atoms with Gasteiger partial charge in [-0.25, -0.2) is 0 Å². The number of benzene rings is 1. The van der Waals surface area contributed by atoms with Gasteiger partial charge in [0.1, 0.15) is 19.3 Å². The van der Waals surface area contributed by atoms with Gasteiger partial charge in [-0.1, -0.05) is 12.5 Å². The zero-order chi connectivity index (χ0) is 25.5. The number of ether oxygens (including phenoxy) is 4. The van der Waals surface area contributed by atoms with E-state index < -0.39 is 12.1 Å². The molecular formula is C28H44N2O6. The summed E-state index contributed by atoms with van der Waals surface area (Å²) in [7, 11) is 1.76. The van der Waals surface area contributed by atoms with Crippen molar-refractivity contribution in [2.75, 3.05) is 33.5 Å². The predicted octanol–water partition coefficient (Wildman–Crippen LogP) is 3.60. The fourth-order valence-electron chi connectivity index (χ4n) is 5.79. The van der Waals surface area contributed by atoms with Crippen LogP contribution in [0.25, 0.3) is 0 Å². The van der Waals surface area contributed by atoms with Gasteiger partial charge in [0.15, 0.2) is 11.5 Å². The van der Waals surface area contributed by atoms with Crippen LogP contribution in [0.5, 0.6) is 11.5 Å². The van der Waals surface area contributed by atoms with Crippen LogP contribution in [-0.4, -0.2) is 79.7 Å². The molecule has 4 rings (SSSR count). The number of nitrogens with one attached hydrogen (secondary N) is 1. The van der Waals surface area contributed by atoms with Crippen LogP contribution in [0.15, 0.2) is 18.2 Å². The third-order valence-corrected chi connectivity index (χ3v) is 8.06. The first-order valence-corrected chi connectivity index (χ1v) is 13.7. The van der Waals surface area contributed by atoms with E-state index in [9.17, 15) is 9.90 Å². The summed E-state index contributed by atoms with van der Waals surface area (Å²) in [5.41, 5.74) is 0.716. The maximum atomic E-state index is 13.0. The van der Waals surface area contributed by atoms with Gasteiger partial charge in [-0.05, 0) is 70.1 Å². The van der Waals surface area contributed by atoms with Crippen LogP contribution in [0.3, 0.4) is 0 Å². The Morgan fingerprint density at radius 3 is 2.42 bits per heavy atom. The molecule has 1 saturated heterocycles. The van der Waals surface area contributed by atoms with E-state index >= 15 is 0 Å². The van der Waals surface area contributed by atoms with E-state index in [1.807, 2.05) is 18.2 Å². The Labute approximate surface area is 215 Å². The Balaban J connectivity index is 1.38. The van der Waals surface area contributed by atoms with Gasteiger partial charge in [-0.2, -0.15) is 0 Å². The average Bonchev–Trinajstić information content (AvgIpc) is 2.90. The van der Waals surface area contributed by atoms with Crippen LogP contribution >= 0.6 is 0 Å². The molecule has 0 aromatic heterocycles. The Morgan fingerprint density at radius 2 is 1.72 bits per heavy atom. The van der Waals surface area contributed by atoms with E-state index in [2.05, 4.69) is 24.1 Å². The van der Waals surface area contributed by atoms with Crippen molar-refractivity contribution in [3.05, 3.63) is 23.8 Å². The number of rotatable bonds is 10. The highest BCUT2D eigenvalue weighted by molar-refractivity contribution is 5.76. The first-order valence-electron chi connectivity index (χ1n) is 13.7. The molecule has 8 nitrogen and oxygen atoms in total. The van der Waals surface area contributed by atoms with Gasteiger partial charge in [0.2, 0.25) is 5.91 Å². The summed E-state index contributed by atoms with van der Waals surface area (Å²) >= 11 is 0. The molecular weight excluding hydrogens is 460 g/mol. The molecule has 36 heavy (non-hydrogen) atoms. The van der Waals surface area contributed by atoms with Crippen molar-refractivity contribution in [1.82, 2.24) is 10.2 Å². The van der Waals surface area contributed by atoms with Gasteiger partial charge in [-0.3, -0.25) is 9.69 Å². The number of nitrogens with zero attached hydrogens (tertiary/aromatic N) is 1. The first-order chi connectivity index (χ1) is 17.4. The summed E-state index contributed by atoms with van der Waals surface area (Å²) < 4.78 is 22.8. The molecule has 3 aliphatic rings. The lowest BCUT2D eigenvalue weighted by atomic mass is 9.94. The summed E-state index contributed by atoms with van der Waals surface area (Å²) in [6.45, 7) is 6.45. The molecule has 2 N–H and O–H groups in total. The van der Waals surface area contributed by atoms with Crippen molar-refractivity contribution < 1.29 is 28.8 Å². The molecule has 1 aliphatic carbocycles. The maximum absolute atomic E-state index is 13.0. The molecule has 0 radical (unpaired) electrons. The van der Waals surface area contributed by atoms with Crippen LogP contribution < -0.4 is 14.8 Å². The standard InChI is InChI=1S/C28H44N2O6/c1-19-5-4-6-20(2)30(19)18-24(28(32)21-7-12-25-26(17-21)36-16-15-35-25)29-27(31)13-14-34-23-10-8-22(33-3)9-11-23/h7,12,17,19-20,22-24,28,32H,4-6,8-11,13-16,18H2,1-3H3,(H,29,31)/t19?,20?,22?,23?,24-,28+/m1/s1. The molecule has 2 unspecified atom stereocenters. The monoisotopic (exact) mass is 504 g/mol. The van der Waals surface area contributed by atoms with Gasteiger partial charge in [0.05, 0.1) is 24.9 Å². The van der Waals surface area contributed by atoms with Gasteiger partial charge in [-0.15, -0.1) is 0 Å². The Bertz CT molecular complexity index is 833. The second kappa shape index (κ2) is 13.1. The average molecular weight is 505 g/mol. The summed E-state index contributed by atoms with van der Waals surface area (Å²) in [6.07, 6.45) is 7.35. The fourth-order valence-corrected chi connectivity index (χ4v) is 5.79. The second-order valence-corrected chi connectivity index (χ2v) is 10.6. The lowest BCUT2D eigenvalue weighted by Gasteiger charge is -2.42. The van der Waals surface area contributed by atoms with Crippen molar-refractivity contribution in [3.8, 4) is 11.5 Å². The number of aliphatic hydroxyl groups excluding tert-OH is 1. The highest BCUT2D eigenvalue weighted by Gasteiger charge is 2.32. The number of carbonyl (C=O) groups excluding carboxylic acids is 1. The van der Waals surface area contributed by atoms with Gasteiger partial charge in [0.25, 0.3) is 0 Å². The zero-order valence-electron chi connectivity index (χ0n) is 22.1. The van der Waals surface area contributed by atoms with E-state index in [1.54, 1.807) is 7.11 Å². The highest BCUT2D eigenvalue weighted by atomic mass is 16.6. The van der Waals surface area contributed by atoms with Crippen molar-refractivity contribution in [2.45, 2.75) is 102 Å². The van der Waals surface area contributed by atoms with Crippen LogP contribution in [0.4, 0.5) is 0 Å². The number of fused-ring (bicyclic) bond motifs is 1. The number of methoxy groups -OCH3 is 1. The largest absolute Gasteiger partial charge is 0.486 e. The minimum Gasteiger partial charge on any atom is -0.486 e. The van der Waals surface area contributed by atoms with Crippen LogP contribution in [0, 0.1) is 0 Å². The molecule has 2 heterocycles. The van der Waals surface area contributed by atoms with E-state index in [4.69, 9.17) is 18.9 Å². The van der Waals surface area contributed by atoms with Crippen molar-refractivity contribution >= 4 is 5.91 Å². The number of hydrogen-bond acceptors (Lipinski definition) is 7. The minimum absolute atomic E-state index is 0.0977. The normalized spacial score (nSPS) is 28.3. The number of amides is 1. The van der Waals surface area contributed by atoms with Gasteiger partial charge < -0.3 is 29.4 Å². The third kappa shape index (κ3) is 7.12. The summed E-state index contributed by atoms with van der Waals surface area (Å²) in [5, 5.41) is 14.6. The van der Waals surface area contributed by atoms with Crippen LogP contribution in [-0.2, 0) is 14.3 Å². The molecule has 1 saturated carbocycles. The van der Waals surface area contributed by atoms with E-state index in [0.717, 1.165) is 38.5 Å². The Morgan fingerprint density at radius 1 is 1.06 bits per heavy atom. The minimum atomic E-state index is -0.864. The van der Waals surface area contributed by atoms with Crippen molar-refractivity contribution in [1.29, 1.82) is 0 Å². The smallest absolute Gasteiger partial charge is 0.222 e. The molecule has 1 aromatic carbocycles. The quantitative estimate of drug-likeness (QED) is 0.503.